The number of amides is 1. The van der Waals surface area contributed by atoms with Gasteiger partial charge in [-0.2, -0.15) is 0 Å². The summed E-state index contributed by atoms with van der Waals surface area (Å²) in [6.45, 7) is 1.64. The molecule has 2 aromatic carbocycles. The van der Waals surface area contributed by atoms with E-state index < -0.39 is 10.0 Å². The summed E-state index contributed by atoms with van der Waals surface area (Å²) in [4.78, 5) is 12.7. The van der Waals surface area contributed by atoms with Crippen LogP contribution in [0.5, 0.6) is 0 Å². The predicted molar refractivity (Wildman–Crippen MR) is 102 cm³/mol. The maximum atomic E-state index is 12.9. The molecule has 0 radical (unpaired) electrons. The molecule has 2 heterocycles. The molecule has 0 aromatic heterocycles. The van der Waals surface area contributed by atoms with Crippen LogP contribution in [0.1, 0.15) is 28.8 Å². The molecule has 1 amide bonds. The van der Waals surface area contributed by atoms with Crippen LogP contribution in [-0.2, 0) is 21.2 Å². The summed E-state index contributed by atoms with van der Waals surface area (Å²) in [6, 6.07) is 13.6. The van der Waals surface area contributed by atoms with Gasteiger partial charge in [-0.15, -0.1) is 0 Å². The Labute approximate surface area is 159 Å². The second-order valence-corrected chi connectivity index (χ2v) is 8.69. The third-order valence-corrected chi connectivity index (χ3v) is 6.87. The summed E-state index contributed by atoms with van der Waals surface area (Å²) in [7, 11) is -3.59. The van der Waals surface area contributed by atoms with Gasteiger partial charge in [0, 0.05) is 25.3 Å². The number of hydrogen-bond acceptors (Lipinski definition) is 4. The summed E-state index contributed by atoms with van der Waals surface area (Å²) in [5, 5.41) is 2.90. The Hall–Kier alpha value is -2.38. The minimum atomic E-state index is -3.59. The number of nitrogens with one attached hydrogen (secondary N) is 1. The molecule has 0 unspecified atom stereocenters. The Morgan fingerprint density at radius 1 is 1.19 bits per heavy atom. The molecule has 1 saturated heterocycles. The molecule has 1 atom stereocenters. The summed E-state index contributed by atoms with van der Waals surface area (Å²) < 4.78 is 32.7. The molecule has 6 nitrogen and oxygen atoms in total. The van der Waals surface area contributed by atoms with Gasteiger partial charge in [0.1, 0.15) is 0 Å². The van der Waals surface area contributed by atoms with Crippen molar-refractivity contribution < 1.29 is 17.9 Å². The van der Waals surface area contributed by atoms with Gasteiger partial charge in [0.05, 0.1) is 16.7 Å². The highest BCUT2D eigenvalue weighted by atomic mass is 32.2. The van der Waals surface area contributed by atoms with Gasteiger partial charge in [0.2, 0.25) is 0 Å². The highest BCUT2D eigenvalue weighted by molar-refractivity contribution is 7.92. The van der Waals surface area contributed by atoms with Crippen LogP contribution in [0.2, 0.25) is 0 Å². The fraction of sp³-hybridized carbons (Fsp3) is 0.350. The molecule has 7 heteroatoms. The van der Waals surface area contributed by atoms with Gasteiger partial charge in [0.25, 0.3) is 15.9 Å². The molecule has 27 heavy (non-hydrogen) atoms. The van der Waals surface area contributed by atoms with E-state index in [-0.39, 0.29) is 16.9 Å². The standard InChI is InChI=1S/C20H22N2O4S/c23-20(21-14-17-5-4-12-26-17)16-8-9-19-15(13-16)10-11-22(19)27(24,25)18-6-2-1-3-7-18/h1-3,6-9,13,17H,4-5,10-12,14H2,(H,21,23)/t17-/m0/s1. The number of ether oxygens (including phenoxy) is 1. The van der Waals surface area contributed by atoms with E-state index in [0.29, 0.717) is 30.8 Å². The maximum absolute atomic E-state index is 12.9. The van der Waals surface area contributed by atoms with Crippen LogP contribution < -0.4 is 9.62 Å². The summed E-state index contributed by atoms with van der Waals surface area (Å²) in [5.41, 5.74) is 2.07. The quantitative estimate of drug-likeness (QED) is 0.856. The van der Waals surface area contributed by atoms with Gasteiger partial charge in [-0.05, 0) is 55.2 Å². The zero-order valence-corrected chi connectivity index (χ0v) is 15.7. The van der Waals surface area contributed by atoms with Crippen LogP contribution in [-0.4, -0.2) is 40.1 Å². The van der Waals surface area contributed by atoms with Crippen molar-refractivity contribution in [1.82, 2.24) is 5.32 Å². The van der Waals surface area contributed by atoms with E-state index >= 15 is 0 Å². The highest BCUT2D eigenvalue weighted by Gasteiger charge is 2.31. The van der Waals surface area contributed by atoms with Crippen LogP contribution in [0.25, 0.3) is 0 Å². The second kappa shape index (κ2) is 7.32. The Kier molecular flexibility index (Phi) is 4.88. The molecule has 0 saturated carbocycles. The molecular weight excluding hydrogens is 364 g/mol. The van der Waals surface area contributed by atoms with E-state index in [1.807, 2.05) is 0 Å². The molecule has 1 N–H and O–H groups in total. The van der Waals surface area contributed by atoms with Crippen molar-refractivity contribution in [1.29, 1.82) is 0 Å². The smallest absolute Gasteiger partial charge is 0.264 e. The van der Waals surface area contributed by atoms with E-state index in [0.717, 1.165) is 25.0 Å². The number of anilines is 1. The molecule has 0 bridgehead atoms. The van der Waals surface area contributed by atoms with Gasteiger partial charge in [-0.25, -0.2) is 8.42 Å². The zero-order chi connectivity index (χ0) is 18.9. The number of benzene rings is 2. The summed E-state index contributed by atoms with van der Waals surface area (Å²) in [5.74, 6) is -0.155. The molecule has 0 spiro atoms. The summed E-state index contributed by atoms with van der Waals surface area (Å²) >= 11 is 0. The van der Waals surface area contributed by atoms with Crippen LogP contribution in [0, 0.1) is 0 Å². The number of nitrogens with zero attached hydrogens (tertiary/aromatic N) is 1. The molecule has 0 aliphatic carbocycles. The lowest BCUT2D eigenvalue weighted by molar-refractivity contribution is 0.0857. The van der Waals surface area contributed by atoms with E-state index in [9.17, 15) is 13.2 Å². The van der Waals surface area contributed by atoms with Gasteiger partial charge in [0.15, 0.2) is 0 Å². The Morgan fingerprint density at radius 2 is 2.00 bits per heavy atom. The van der Waals surface area contributed by atoms with E-state index in [4.69, 9.17) is 4.74 Å². The number of hydrogen-bond donors (Lipinski definition) is 1. The molecule has 1 fully saturated rings. The van der Waals surface area contributed by atoms with Crippen LogP contribution in [0.4, 0.5) is 5.69 Å². The number of carbonyl (C=O) groups is 1. The Morgan fingerprint density at radius 3 is 2.74 bits per heavy atom. The van der Waals surface area contributed by atoms with Crippen molar-refractivity contribution in [2.45, 2.75) is 30.3 Å². The van der Waals surface area contributed by atoms with Crippen LogP contribution in [0.15, 0.2) is 53.4 Å². The topological polar surface area (TPSA) is 75.7 Å². The van der Waals surface area contributed by atoms with Crippen molar-refractivity contribution in [2.24, 2.45) is 0 Å². The van der Waals surface area contributed by atoms with Gasteiger partial charge >= 0.3 is 0 Å². The van der Waals surface area contributed by atoms with Gasteiger partial charge in [-0.1, -0.05) is 18.2 Å². The molecule has 2 aliphatic heterocycles. The number of carbonyl (C=O) groups excluding carboxylic acids is 1. The maximum Gasteiger partial charge on any atom is 0.264 e. The van der Waals surface area contributed by atoms with Crippen molar-refractivity contribution in [3.8, 4) is 0 Å². The van der Waals surface area contributed by atoms with Crippen molar-refractivity contribution >= 4 is 21.6 Å². The second-order valence-electron chi connectivity index (χ2n) is 6.83. The molecule has 4 rings (SSSR count). The first-order valence-corrected chi connectivity index (χ1v) is 10.6. The van der Waals surface area contributed by atoms with Gasteiger partial charge < -0.3 is 10.1 Å². The minimum Gasteiger partial charge on any atom is -0.376 e. The van der Waals surface area contributed by atoms with Crippen LogP contribution >= 0.6 is 0 Å². The fourth-order valence-corrected chi connectivity index (χ4v) is 5.12. The lowest BCUT2D eigenvalue weighted by Gasteiger charge is -2.19. The molecule has 142 valence electrons. The molecule has 2 aliphatic rings. The van der Waals surface area contributed by atoms with E-state index in [2.05, 4.69) is 5.32 Å². The Bertz CT molecular complexity index is 938. The first-order chi connectivity index (χ1) is 13.1. The SMILES string of the molecule is O=C(NC[C@@H]1CCCO1)c1ccc2c(c1)CCN2S(=O)(=O)c1ccccc1. The normalized spacial score (nSPS) is 19.1. The lowest BCUT2D eigenvalue weighted by atomic mass is 10.1. The lowest BCUT2D eigenvalue weighted by Crippen LogP contribution is -2.31. The molecule has 2 aromatic rings. The first kappa shape index (κ1) is 18.0. The van der Waals surface area contributed by atoms with Gasteiger partial charge in [-0.3, -0.25) is 9.10 Å². The third kappa shape index (κ3) is 3.57. The largest absolute Gasteiger partial charge is 0.376 e. The average Bonchev–Trinajstić information content (AvgIpc) is 3.36. The van der Waals surface area contributed by atoms with Crippen molar-refractivity contribution in [3.05, 3.63) is 59.7 Å². The zero-order valence-electron chi connectivity index (χ0n) is 14.9. The number of sulfonamides is 1. The summed E-state index contributed by atoms with van der Waals surface area (Å²) in [6.07, 6.45) is 2.69. The fourth-order valence-electron chi connectivity index (χ4n) is 3.60. The molecular formula is C20H22N2O4S. The monoisotopic (exact) mass is 386 g/mol. The minimum absolute atomic E-state index is 0.0925. The predicted octanol–water partition coefficient (Wildman–Crippen LogP) is 2.35. The van der Waals surface area contributed by atoms with Crippen LogP contribution in [0.3, 0.4) is 0 Å². The first-order valence-electron chi connectivity index (χ1n) is 9.16. The van der Waals surface area contributed by atoms with E-state index in [1.54, 1.807) is 48.5 Å². The van der Waals surface area contributed by atoms with E-state index in [1.165, 1.54) is 4.31 Å². The van der Waals surface area contributed by atoms with Crippen molar-refractivity contribution in [3.63, 3.8) is 0 Å². The van der Waals surface area contributed by atoms with Crippen molar-refractivity contribution in [2.75, 3.05) is 24.0 Å². The third-order valence-electron chi connectivity index (χ3n) is 5.04. The Balaban J connectivity index is 1.51. The average molecular weight is 386 g/mol. The number of rotatable bonds is 5. The number of fused-ring (bicyclic) bond motifs is 1. The highest BCUT2D eigenvalue weighted by Crippen LogP contribution is 2.33.